The molecule has 1 aromatic heterocycles. The molecule has 0 radical (unpaired) electrons. The fourth-order valence-corrected chi connectivity index (χ4v) is 3.43. The lowest BCUT2D eigenvalue weighted by Gasteiger charge is -2.12. The molecule has 0 amide bonds. The van der Waals surface area contributed by atoms with Crippen molar-refractivity contribution >= 4 is 17.8 Å². The van der Waals surface area contributed by atoms with Crippen molar-refractivity contribution in [2.24, 2.45) is 0 Å². The van der Waals surface area contributed by atoms with Crippen LogP contribution in [0.25, 0.3) is 11.1 Å². The second-order valence-corrected chi connectivity index (χ2v) is 6.71. The number of benzene rings is 2. The third-order valence-corrected chi connectivity index (χ3v) is 5.03. The van der Waals surface area contributed by atoms with Gasteiger partial charge in [-0.2, -0.15) is 0 Å². The Balaban J connectivity index is 1.80. The number of anilines is 1. The van der Waals surface area contributed by atoms with Crippen molar-refractivity contribution in [1.82, 2.24) is 4.98 Å². The van der Waals surface area contributed by atoms with E-state index in [-0.39, 0.29) is 0 Å². The van der Waals surface area contributed by atoms with Gasteiger partial charge < -0.3 is 4.72 Å². The quantitative estimate of drug-likeness (QED) is 0.575. The molecule has 0 spiro atoms. The van der Waals surface area contributed by atoms with E-state index < -0.39 is 0 Å². The van der Waals surface area contributed by atoms with Crippen LogP contribution in [0.4, 0.5) is 5.82 Å². The predicted molar refractivity (Wildman–Crippen MR) is 104 cm³/mol. The first-order valence-electron chi connectivity index (χ1n) is 8.23. The van der Waals surface area contributed by atoms with E-state index in [1.807, 2.05) is 25.1 Å². The van der Waals surface area contributed by atoms with E-state index in [1.54, 1.807) is 11.9 Å². The molecule has 0 aliphatic heterocycles. The van der Waals surface area contributed by atoms with Crippen LogP contribution in [0.3, 0.4) is 0 Å². The maximum Gasteiger partial charge on any atom is 0.136 e. The highest BCUT2D eigenvalue weighted by Gasteiger charge is 2.06. The fraction of sp³-hybridized carbons (Fsp3) is 0.190. The molecule has 3 heteroatoms. The van der Waals surface area contributed by atoms with Crippen LogP contribution in [-0.2, 0) is 6.42 Å². The van der Waals surface area contributed by atoms with Gasteiger partial charge in [-0.15, -0.1) is 0 Å². The van der Waals surface area contributed by atoms with E-state index in [1.165, 1.54) is 27.1 Å². The number of aryl methyl sites for hydroxylation is 3. The summed E-state index contributed by atoms with van der Waals surface area (Å²) in [4.78, 5) is 5.69. The molecule has 2 nitrogen and oxygen atoms in total. The molecule has 0 bridgehead atoms. The molecule has 2 aromatic carbocycles. The number of nitrogens with zero attached hydrogens (tertiary/aromatic N) is 1. The fourth-order valence-electron chi connectivity index (χ4n) is 2.75. The zero-order valence-corrected chi connectivity index (χ0v) is 15.2. The first-order valence-corrected chi connectivity index (χ1v) is 9.04. The molecule has 0 saturated carbocycles. The average molecular weight is 334 g/mol. The van der Waals surface area contributed by atoms with Crippen LogP contribution in [0, 0.1) is 13.8 Å². The molecular formula is C21H22N2S. The minimum atomic E-state index is 0.889. The summed E-state index contributed by atoms with van der Waals surface area (Å²) in [6, 6.07) is 21.3. The van der Waals surface area contributed by atoms with Gasteiger partial charge >= 0.3 is 0 Å². The Bertz CT molecular complexity index is 843. The van der Waals surface area contributed by atoms with Crippen molar-refractivity contribution in [2.75, 3.05) is 4.72 Å². The Morgan fingerprint density at radius 3 is 2.54 bits per heavy atom. The Morgan fingerprint density at radius 1 is 0.958 bits per heavy atom. The summed E-state index contributed by atoms with van der Waals surface area (Å²) in [5.74, 6) is 0.889. The van der Waals surface area contributed by atoms with Crippen molar-refractivity contribution in [1.29, 1.82) is 0 Å². The molecule has 24 heavy (non-hydrogen) atoms. The van der Waals surface area contributed by atoms with Crippen LogP contribution in [0.5, 0.6) is 0 Å². The molecule has 0 unspecified atom stereocenters. The topological polar surface area (TPSA) is 24.9 Å². The summed E-state index contributed by atoms with van der Waals surface area (Å²) in [7, 11) is 0. The minimum Gasteiger partial charge on any atom is -0.310 e. The number of hydrogen-bond donors (Lipinski definition) is 1. The van der Waals surface area contributed by atoms with Crippen molar-refractivity contribution in [3.05, 3.63) is 77.5 Å². The lowest BCUT2D eigenvalue weighted by Crippen LogP contribution is -1.93. The largest absolute Gasteiger partial charge is 0.310 e. The van der Waals surface area contributed by atoms with Crippen LogP contribution >= 0.6 is 11.9 Å². The number of aromatic nitrogens is 1. The smallest absolute Gasteiger partial charge is 0.136 e. The molecule has 0 aliphatic rings. The van der Waals surface area contributed by atoms with Crippen LogP contribution in [0.15, 0.2) is 65.6 Å². The van der Waals surface area contributed by atoms with Crippen molar-refractivity contribution in [2.45, 2.75) is 32.1 Å². The van der Waals surface area contributed by atoms with Gasteiger partial charge in [0.2, 0.25) is 0 Å². The standard InChI is InChI=1S/C21H22N2S/c1-4-17-9-5-6-10-19(17)18-12-13-20(15(2)14-18)24-23-21-11-7-8-16(3)22-21/h5-14H,4H2,1-3H3,(H,22,23). The monoisotopic (exact) mass is 334 g/mol. The van der Waals surface area contributed by atoms with Gasteiger partial charge in [0, 0.05) is 10.6 Å². The molecular weight excluding hydrogens is 312 g/mol. The predicted octanol–water partition coefficient (Wildman–Crippen LogP) is 6.05. The van der Waals surface area contributed by atoms with Gasteiger partial charge in [-0.05, 0) is 72.7 Å². The molecule has 0 saturated heterocycles. The summed E-state index contributed by atoms with van der Waals surface area (Å²) in [5.41, 5.74) is 6.28. The second-order valence-electron chi connectivity index (χ2n) is 5.86. The van der Waals surface area contributed by atoms with E-state index >= 15 is 0 Å². The van der Waals surface area contributed by atoms with Crippen molar-refractivity contribution < 1.29 is 0 Å². The second kappa shape index (κ2) is 7.54. The Hall–Kier alpha value is -2.26. The lowest BCUT2D eigenvalue weighted by atomic mass is 9.97. The summed E-state index contributed by atoms with van der Waals surface area (Å²) in [6.45, 7) is 6.36. The van der Waals surface area contributed by atoms with Gasteiger partial charge in [-0.3, -0.25) is 0 Å². The minimum absolute atomic E-state index is 0.889. The highest BCUT2D eigenvalue weighted by atomic mass is 32.2. The normalized spacial score (nSPS) is 10.6. The molecule has 0 atom stereocenters. The Morgan fingerprint density at radius 2 is 1.79 bits per heavy atom. The maximum absolute atomic E-state index is 4.47. The van der Waals surface area contributed by atoms with Crippen LogP contribution in [0.1, 0.15) is 23.7 Å². The van der Waals surface area contributed by atoms with Gasteiger partial charge in [-0.1, -0.05) is 49.4 Å². The number of nitrogens with one attached hydrogen (secondary N) is 1. The van der Waals surface area contributed by atoms with Gasteiger partial charge in [0.25, 0.3) is 0 Å². The van der Waals surface area contributed by atoms with Crippen LogP contribution in [-0.4, -0.2) is 4.98 Å². The number of rotatable bonds is 5. The molecule has 122 valence electrons. The molecule has 0 aliphatic carbocycles. The summed E-state index contributed by atoms with van der Waals surface area (Å²) < 4.78 is 3.33. The summed E-state index contributed by atoms with van der Waals surface area (Å²) >= 11 is 1.61. The van der Waals surface area contributed by atoms with Crippen LogP contribution < -0.4 is 4.72 Å². The SMILES string of the molecule is CCc1ccccc1-c1ccc(SNc2cccc(C)n2)c(C)c1. The molecule has 3 rings (SSSR count). The highest BCUT2D eigenvalue weighted by Crippen LogP contribution is 2.30. The van der Waals surface area contributed by atoms with Crippen LogP contribution in [0.2, 0.25) is 0 Å². The first kappa shape index (κ1) is 16.6. The van der Waals surface area contributed by atoms with Gasteiger partial charge in [0.05, 0.1) is 0 Å². The first-order chi connectivity index (χ1) is 11.7. The summed E-state index contributed by atoms with van der Waals surface area (Å²) in [6.07, 6.45) is 1.05. The third kappa shape index (κ3) is 3.80. The highest BCUT2D eigenvalue weighted by molar-refractivity contribution is 8.00. The molecule has 3 aromatic rings. The van der Waals surface area contributed by atoms with Crippen molar-refractivity contribution in [3.63, 3.8) is 0 Å². The van der Waals surface area contributed by atoms with E-state index in [9.17, 15) is 0 Å². The molecule has 0 fully saturated rings. The molecule has 1 N–H and O–H groups in total. The number of pyridine rings is 1. The average Bonchev–Trinajstić information content (AvgIpc) is 2.60. The maximum atomic E-state index is 4.47. The van der Waals surface area contributed by atoms with Gasteiger partial charge in [0.15, 0.2) is 0 Å². The lowest BCUT2D eigenvalue weighted by molar-refractivity contribution is 1.14. The van der Waals surface area contributed by atoms with Gasteiger partial charge in [-0.25, -0.2) is 4.98 Å². The zero-order chi connectivity index (χ0) is 16.9. The van der Waals surface area contributed by atoms with Crippen molar-refractivity contribution in [3.8, 4) is 11.1 Å². The third-order valence-electron chi connectivity index (χ3n) is 4.04. The Kier molecular flexibility index (Phi) is 5.21. The van der Waals surface area contributed by atoms with E-state index in [4.69, 9.17) is 0 Å². The molecule has 1 heterocycles. The van der Waals surface area contributed by atoms with E-state index in [0.717, 1.165) is 17.9 Å². The van der Waals surface area contributed by atoms with E-state index in [2.05, 4.69) is 66.0 Å². The zero-order valence-electron chi connectivity index (χ0n) is 14.3. The summed E-state index contributed by atoms with van der Waals surface area (Å²) in [5, 5.41) is 0. The van der Waals surface area contributed by atoms with Gasteiger partial charge in [0.1, 0.15) is 5.82 Å². The van der Waals surface area contributed by atoms with E-state index in [0.29, 0.717) is 0 Å². The Labute approximate surface area is 148 Å². The number of hydrogen-bond acceptors (Lipinski definition) is 3.